The van der Waals surface area contributed by atoms with Gasteiger partial charge in [-0.1, -0.05) is 6.92 Å². The van der Waals surface area contributed by atoms with Gasteiger partial charge in [0.15, 0.2) is 0 Å². The average molecular weight is 214 g/mol. The first kappa shape index (κ1) is 12.0. The molecule has 1 aliphatic carbocycles. The standard InChI is InChI=1S/C10H18N2O3/c1-2-8(10(14)15)12-9(13)5-7(11)6-3-4-6/h6-8H,2-5,11H2,1H3,(H,12,13)(H,14,15). The molecule has 4 N–H and O–H groups in total. The highest BCUT2D eigenvalue weighted by molar-refractivity contribution is 5.83. The van der Waals surface area contributed by atoms with Crippen molar-refractivity contribution in [2.24, 2.45) is 11.7 Å². The lowest BCUT2D eigenvalue weighted by molar-refractivity contribution is -0.142. The van der Waals surface area contributed by atoms with Gasteiger partial charge in [0.1, 0.15) is 6.04 Å². The fourth-order valence-corrected chi connectivity index (χ4v) is 1.50. The Kier molecular flexibility index (Phi) is 4.08. The second kappa shape index (κ2) is 5.11. The maximum absolute atomic E-state index is 11.4. The van der Waals surface area contributed by atoms with Crippen molar-refractivity contribution in [2.75, 3.05) is 0 Å². The average Bonchev–Trinajstić information content (AvgIpc) is 2.96. The maximum atomic E-state index is 11.4. The zero-order valence-electron chi connectivity index (χ0n) is 8.90. The number of aliphatic carboxylic acids is 1. The minimum atomic E-state index is -0.995. The van der Waals surface area contributed by atoms with Crippen molar-refractivity contribution in [3.8, 4) is 0 Å². The van der Waals surface area contributed by atoms with E-state index in [4.69, 9.17) is 10.8 Å². The molecule has 0 aromatic heterocycles. The molecule has 1 saturated carbocycles. The Morgan fingerprint density at radius 3 is 2.53 bits per heavy atom. The van der Waals surface area contributed by atoms with Gasteiger partial charge in [-0.2, -0.15) is 0 Å². The van der Waals surface area contributed by atoms with Crippen molar-refractivity contribution in [1.29, 1.82) is 0 Å². The zero-order chi connectivity index (χ0) is 11.4. The fraction of sp³-hybridized carbons (Fsp3) is 0.800. The highest BCUT2D eigenvalue weighted by atomic mass is 16.4. The molecule has 0 aromatic carbocycles. The Bertz CT molecular complexity index is 251. The number of nitrogens with one attached hydrogen (secondary N) is 1. The Morgan fingerprint density at radius 1 is 1.53 bits per heavy atom. The van der Waals surface area contributed by atoms with E-state index in [1.807, 2.05) is 0 Å². The molecular formula is C10H18N2O3. The van der Waals surface area contributed by atoms with Gasteiger partial charge in [0, 0.05) is 12.5 Å². The number of carbonyl (C=O) groups excluding carboxylic acids is 1. The van der Waals surface area contributed by atoms with Crippen LogP contribution in [0.5, 0.6) is 0 Å². The van der Waals surface area contributed by atoms with Crippen LogP contribution in [0.1, 0.15) is 32.6 Å². The second-order valence-corrected chi connectivity index (χ2v) is 4.07. The van der Waals surface area contributed by atoms with E-state index in [-0.39, 0.29) is 18.4 Å². The molecule has 2 atom stereocenters. The highest BCUT2D eigenvalue weighted by Gasteiger charge is 2.30. The molecule has 0 aliphatic heterocycles. The number of carbonyl (C=O) groups is 2. The lowest BCUT2D eigenvalue weighted by Gasteiger charge is -2.14. The van der Waals surface area contributed by atoms with Gasteiger partial charge in [-0.15, -0.1) is 0 Å². The van der Waals surface area contributed by atoms with Crippen molar-refractivity contribution in [2.45, 2.75) is 44.7 Å². The number of amides is 1. The third kappa shape index (κ3) is 3.87. The molecule has 0 spiro atoms. The van der Waals surface area contributed by atoms with E-state index in [1.165, 1.54) is 0 Å². The summed E-state index contributed by atoms with van der Waals surface area (Å²) in [6, 6.07) is -0.903. The van der Waals surface area contributed by atoms with Gasteiger partial charge in [0.2, 0.25) is 5.91 Å². The van der Waals surface area contributed by atoms with Crippen molar-refractivity contribution in [3.05, 3.63) is 0 Å². The number of nitrogens with two attached hydrogens (primary N) is 1. The number of carboxylic acids is 1. The SMILES string of the molecule is CCC(NC(=O)CC(N)C1CC1)C(=O)O. The molecule has 2 unspecified atom stereocenters. The third-order valence-electron chi connectivity index (χ3n) is 2.69. The van der Waals surface area contributed by atoms with Crippen molar-refractivity contribution >= 4 is 11.9 Å². The molecule has 1 fully saturated rings. The molecule has 1 aliphatic rings. The number of hydrogen-bond acceptors (Lipinski definition) is 3. The van der Waals surface area contributed by atoms with E-state index in [1.54, 1.807) is 6.92 Å². The molecule has 5 heteroatoms. The zero-order valence-corrected chi connectivity index (χ0v) is 8.90. The van der Waals surface area contributed by atoms with Gasteiger partial charge in [-0.05, 0) is 25.2 Å². The van der Waals surface area contributed by atoms with Crippen LogP contribution in [0.3, 0.4) is 0 Å². The molecule has 0 saturated heterocycles. The summed E-state index contributed by atoms with van der Waals surface area (Å²) in [7, 11) is 0. The van der Waals surface area contributed by atoms with Crippen LogP contribution in [0.2, 0.25) is 0 Å². The number of carboxylic acid groups (broad SMARTS) is 1. The van der Waals surface area contributed by atoms with E-state index in [2.05, 4.69) is 5.32 Å². The smallest absolute Gasteiger partial charge is 0.326 e. The summed E-state index contributed by atoms with van der Waals surface area (Å²) in [6.45, 7) is 1.72. The Morgan fingerprint density at radius 2 is 2.13 bits per heavy atom. The normalized spacial score (nSPS) is 19.3. The van der Waals surface area contributed by atoms with Crippen LogP contribution in [0, 0.1) is 5.92 Å². The van der Waals surface area contributed by atoms with Crippen LogP contribution >= 0.6 is 0 Å². The lowest BCUT2D eigenvalue weighted by atomic mass is 10.1. The van der Waals surface area contributed by atoms with Crippen molar-refractivity contribution in [3.63, 3.8) is 0 Å². The van der Waals surface area contributed by atoms with Gasteiger partial charge in [0.05, 0.1) is 0 Å². The molecule has 0 aromatic rings. The van der Waals surface area contributed by atoms with Crippen molar-refractivity contribution < 1.29 is 14.7 Å². The van der Waals surface area contributed by atoms with Crippen LogP contribution in [-0.2, 0) is 9.59 Å². The topological polar surface area (TPSA) is 92.4 Å². The molecule has 0 heterocycles. The molecule has 15 heavy (non-hydrogen) atoms. The summed E-state index contributed by atoms with van der Waals surface area (Å²) in [6.07, 6.45) is 2.79. The van der Waals surface area contributed by atoms with Crippen molar-refractivity contribution in [1.82, 2.24) is 5.32 Å². The predicted octanol–water partition coefficient (Wildman–Crippen LogP) is 0.0932. The quantitative estimate of drug-likeness (QED) is 0.584. The van der Waals surface area contributed by atoms with Gasteiger partial charge in [-0.25, -0.2) is 4.79 Å². The van der Waals surface area contributed by atoms with Crippen LogP contribution in [0.15, 0.2) is 0 Å². The largest absolute Gasteiger partial charge is 0.480 e. The molecule has 86 valence electrons. The van der Waals surface area contributed by atoms with Crippen LogP contribution in [-0.4, -0.2) is 29.1 Å². The lowest BCUT2D eigenvalue weighted by Crippen LogP contribution is -2.42. The van der Waals surface area contributed by atoms with Gasteiger partial charge < -0.3 is 16.2 Å². The van der Waals surface area contributed by atoms with E-state index in [0.717, 1.165) is 12.8 Å². The van der Waals surface area contributed by atoms with Gasteiger partial charge >= 0.3 is 5.97 Å². The van der Waals surface area contributed by atoms with E-state index in [9.17, 15) is 9.59 Å². The summed E-state index contributed by atoms with van der Waals surface area (Å²) >= 11 is 0. The minimum Gasteiger partial charge on any atom is -0.480 e. The fourth-order valence-electron chi connectivity index (χ4n) is 1.50. The Hall–Kier alpha value is -1.10. The van der Waals surface area contributed by atoms with E-state index in [0.29, 0.717) is 12.3 Å². The van der Waals surface area contributed by atoms with Gasteiger partial charge in [-0.3, -0.25) is 4.79 Å². The summed E-state index contributed by atoms with van der Waals surface area (Å²) < 4.78 is 0. The predicted molar refractivity (Wildman–Crippen MR) is 55.2 cm³/mol. The summed E-state index contributed by atoms with van der Waals surface area (Å²) in [5.74, 6) is -0.796. The monoisotopic (exact) mass is 214 g/mol. The van der Waals surface area contributed by atoms with Crippen LogP contribution in [0.25, 0.3) is 0 Å². The highest BCUT2D eigenvalue weighted by Crippen LogP contribution is 2.32. The molecule has 1 rings (SSSR count). The maximum Gasteiger partial charge on any atom is 0.326 e. The van der Waals surface area contributed by atoms with Crippen LogP contribution in [0.4, 0.5) is 0 Å². The summed E-state index contributed by atoms with van der Waals surface area (Å²) in [5.41, 5.74) is 5.76. The van der Waals surface area contributed by atoms with Crippen LogP contribution < -0.4 is 11.1 Å². The third-order valence-corrected chi connectivity index (χ3v) is 2.69. The molecule has 0 radical (unpaired) electrons. The first-order valence-corrected chi connectivity index (χ1v) is 5.32. The number of rotatable bonds is 6. The summed E-state index contributed by atoms with van der Waals surface area (Å²) in [4.78, 5) is 22.1. The second-order valence-electron chi connectivity index (χ2n) is 4.07. The minimum absolute atomic E-state index is 0.115. The first-order chi connectivity index (χ1) is 7.04. The van der Waals surface area contributed by atoms with E-state index < -0.39 is 12.0 Å². The number of hydrogen-bond donors (Lipinski definition) is 3. The summed E-state index contributed by atoms with van der Waals surface area (Å²) in [5, 5.41) is 11.2. The molecule has 5 nitrogen and oxygen atoms in total. The van der Waals surface area contributed by atoms with E-state index >= 15 is 0 Å². The first-order valence-electron chi connectivity index (χ1n) is 5.32. The Balaban J connectivity index is 2.29. The Labute approximate surface area is 89.0 Å². The van der Waals surface area contributed by atoms with Gasteiger partial charge in [0.25, 0.3) is 0 Å². The molecular weight excluding hydrogens is 196 g/mol. The molecule has 0 bridgehead atoms. The molecule has 1 amide bonds.